The van der Waals surface area contributed by atoms with Crippen LogP contribution in [-0.4, -0.2) is 16.3 Å². The first-order valence-electron chi connectivity index (χ1n) is 5.87. The average molecular weight is 274 g/mol. The van der Waals surface area contributed by atoms with Crippen molar-refractivity contribution in [1.29, 1.82) is 0 Å². The third kappa shape index (κ3) is 2.16. The minimum absolute atomic E-state index is 0.609. The van der Waals surface area contributed by atoms with E-state index in [9.17, 15) is 5.11 Å². The van der Waals surface area contributed by atoms with Gasteiger partial charge in [-0.2, -0.15) is 0 Å². The molecular formula is C14H12ClN3O. The van der Waals surface area contributed by atoms with Gasteiger partial charge in [-0.05, 0) is 18.2 Å². The fourth-order valence-electron chi connectivity index (χ4n) is 2.02. The molecule has 1 unspecified atom stereocenters. The molecule has 2 aromatic rings. The molecule has 1 aromatic heterocycles. The zero-order valence-corrected chi connectivity index (χ0v) is 10.7. The highest BCUT2D eigenvalue weighted by Gasteiger charge is 2.28. The van der Waals surface area contributed by atoms with Gasteiger partial charge in [0.05, 0.1) is 0 Å². The maximum atomic E-state index is 10.4. The summed E-state index contributed by atoms with van der Waals surface area (Å²) < 4.78 is 0. The van der Waals surface area contributed by atoms with Crippen LogP contribution in [0, 0.1) is 0 Å². The number of hydrogen-bond donors (Lipinski definition) is 2. The summed E-state index contributed by atoms with van der Waals surface area (Å²) in [6, 6.07) is 12.9. The van der Waals surface area contributed by atoms with Crippen molar-refractivity contribution in [1.82, 2.24) is 10.4 Å². The van der Waals surface area contributed by atoms with E-state index in [4.69, 9.17) is 11.6 Å². The van der Waals surface area contributed by atoms with Gasteiger partial charge in [-0.15, -0.1) is 0 Å². The summed E-state index contributed by atoms with van der Waals surface area (Å²) in [6.45, 7) is 0. The van der Waals surface area contributed by atoms with Gasteiger partial charge >= 0.3 is 0 Å². The monoisotopic (exact) mass is 273 g/mol. The van der Waals surface area contributed by atoms with E-state index >= 15 is 0 Å². The molecule has 5 heteroatoms. The van der Waals surface area contributed by atoms with Crippen molar-refractivity contribution < 1.29 is 5.11 Å². The van der Waals surface area contributed by atoms with E-state index in [-0.39, 0.29) is 0 Å². The summed E-state index contributed by atoms with van der Waals surface area (Å²) in [5, 5.41) is 12.6. The zero-order chi connectivity index (χ0) is 13.2. The third-order valence-corrected chi connectivity index (χ3v) is 3.29. The highest BCUT2D eigenvalue weighted by atomic mass is 35.5. The number of pyridine rings is 1. The molecule has 2 heterocycles. The lowest BCUT2D eigenvalue weighted by Crippen LogP contribution is -2.38. The number of benzene rings is 1. The largest absolute Gasteiger partial charge is 0.368 e. The van der Waals surface area contributed by atoms with E-state index in [0.29, 0.717) is 10.8 Å². The van der Waals surface area contributed by atoms with Crippen LogP contribution >= 0.6 is 11.6 Å². The smallest absolute Gasteiger partial charge is 0.175 e. The number of aliphatic hydroxyl groups is 1. The summed E-state index contributed by atoms with van der Waals surface area (Å²) in [7, 11) is 0. The number of halogens is 1. The summed E-state index contributed by atoms with van der Waals surface area (Å²) >= 11 is 6.15. The van der Waals surface area contributed by atoms with Crippen LogP contribution in [0.5, 0.6) is 0 Å². The van der Waals surface area contributed by atoms with Crippen LogP contribution in [0.3, 0.4) is 0 Å². The second-order valence-electron chi connectivity index (χ2n) is 4.14. The molecule has 4 nitrogen and oxygen atoms in total. The molecule has 3 rings (SSSR count). The van der Waals surface area contributed by atoms with Crippen LogP contribution in [0.2, 0.25) is 5.02 Å². The molecule has 0 bridgehead atoms. The minimum atomic E-state index is -0.824. The molecule has 1 atom stereocenters. The molecule has 96 valence electrons. The normalized spacial score (nSPS) is 18.1. The Morgan fingerprint density at radius 2 is 1.95 bits per heavy atom. The van der Waals surface area contributed by atoms with Crippen molar-refractivity contribution in [2.24, 2.45) is 0 Å². The number of nitrogens with zero attached hydrogens (tertiary/aromatic N) is 2. The Hall–Kier alpha value is -2.04. The molecule has 0 saturated heterocycles. The fourth-order valence-corrected chi connectivity index (χ4v) is 2.27. The van der Waals surface area contributed by atoms with Crippen LogP contribution in [0.1, 0.15) is 5.56 Å². The van der Waals surface area contributed by atoms with Gasteiger partial charge < -0.3 is 10.5 Å². The first-order chi connectivity index (χ1) is 9.27. The molecule has 2 N–H and O–H groups in total. The molecule has 0 spiro atoms. The van der Waals surface area contributed by atoms with Crippen molar-refractivity contribution in [2.45, 2.75) is 6.23 Å². The Morgan fingerprint density at radius 1 is 1.16 bits per heavy atom. The number of aliphatic hydroxyl groups excluding tert-OH is 1. The first-order valence-corrected chi connectivity index (χ1v) is 6.24. The summed E-state index contributed by atoms with van der Waals surface area (Å²) in [5.74, 6) is 0.647. The van der Waals surface area contributed by atoms with E-state index < -0.39 is 6.23 Å². The van der Waals surface area contributed by atoms with E-state index in [2.05, 4.69) is 10.4 Å². The molecule has 0 saturated carbocycles. The first kappa shape index (κ1) is 12.0. The SMILES string of the molecule is OC1C(c2ccccc2Cl)=CNN1c1ccccn1. The predicted molar refractivity (Wildman–Crippen MR) is 75.3 cm³/mol. The molecular weight excluding hydrogens is 262 g/mol. The van der Waals surface area contributed by atoms with Crippen LogP contribution in [0.4, 0.5) is 5.82 Å². The predicted octanol–water partition coefficient (Wildman–Crippen LogP) is 2.42. The zero-order valence-electron chi connectivity index (χ0n) is 9.99. The number of rotatable bonds is 2. The highest BCUT2D eigenvalue weighted by Crippen LogP contribution is 2.31. The molecule has 19 heavy (non-hydrogen) atoms. The van der Waals surface area contributed by atoms with Crippen molar-refractivity contribution in [3.8, 4) is 0 Å². The standard InChI is InChI=1S/C14H12ClN3O/c15-12-6-2-1-5-10(12)11-9-17-18(14(11)19)13-7-3-4-8-16-13/h1-9,14,17,19H. The average Bonchev–Trinajstić information content (AvgIpc) is 2.82. The van der Waals surface area contributed by atoms with Gasteiger partial charge in [0.15, 0.2) is 6.23 Å². The van der Waals surface area contributed by atoms with Crippen molar-refractivity contribution in [3.05, 3.63) is 65.4 Å². The Kier molecular flexibility index (Phi) is 3.11. The van der Waals surface area contributed by atoms with Gasteiger partial charge in [0.2, 0.25) is 0 Å². The minimum Gasteiger partial charge on any atom is -0.368 e. The maximum absolute atomic E-state index is 10.4. The van der Waals surface area contributed by atoms with Gasteiger partial charge in [0.1, 0.15) is 5.82 Å². The lowest BCUT2D eigenvalue weighted by molar-refractivity contribution is 0.225. The summed E-state index contributed by atoms with van der Waals surface area (Å²) in [6.07, 6.45) is 2.59. The second kappa shape index (κ2) is 4.91. The van der Waals surface area contributed by atoms with Crippen molar-refractivity contribution in [2.75, 3.05) is 5.01 Å². The lowest BCUT2D eigenvalue weighted by atomic mass is 10.1. The number of aromatic nitrogens is 1. The van der Waals surface area contributed by atoms with Crippen molar-refractivity contribution in [3.63, 3.8) is 0 Å². The molecule has 1 aromatic carbocycles. The van der Waals surface area contributed by atoms with Crippen LogP contribution in [0.25, 0.3) is 5.57 Å². The molecule has 0 fully saturated rings. The Balaban J connectivity index is 1.90. The van der Waals surface area contributed by atoms with Crippen LogP contribution in [0.15, 0.2) is 54.9 Å². The molecule has 1 aliphatic heterocycles. The highest BCUT2D eigenvalue weighted by molar-refractivity contribution is 6.32. The summed E-state index contributed by atoms with van der Waals surface area (Å²) in [4.78, 5) is 4.20. The lowest BCUT2D eigenvalue weighted by Gasteiger charge is -2.23. The molecule has 0 amide bonds. The Labute approximate surface area is 115 Å². The van der Waals surface area contributed by atoms with Crippen molar-refractivity contribution >= 4 is 23.0 Å². The van der Waals surface area contributed by atoms with E-state index in [0.717, 1.165) is 11.1 Å². The van der Waals surface area contributed by atoms with Crippen LogP contribution < -0.4 is 10.4 Å². The fraction of sp³-hybridized carbons (Fsp3) is 0.0714. The van der Waals surface area contributed by atoms with E-state index in [1.54, 1.807) is 23.5 Å². The van der Waals surface area contributed by atoms with E-state index in [1.165, 1.54) is 0 Å². The van der Waals surface area contributed by atoms with Crippen LogP contribution in [-0.2, 0) is 0 Å². The topological polar surface area (TPSA) is 48.4 Å². The number of nitrogens with one attached hydrogen (secondary N) is 1. The number of hydrazine groups is 1. The third-order valence-electron chi connectivity index (χ3n) is 2.96. The summed E-state index contributed by atoms with van der Waals surface area (Å²) in [5.41, 5.74) is 4.53. The quantitative estimate of drug-likeness (QED) is 0.882. The van der Waals surface area contributed by atoms with Gasteiger partial charge in [-0.3, -0.25) is 0 Å². The van der Waals surface area contributed by atoms with Gasteiger partial charge in [0, 0.05) is 28.6 Å². The van der Waals surface area contributed by atoms with Gasteiger partial charge in [0.25, 0.3) is 0 Å². The molecule has 1 aliphatic rings. The molecule has 0 radical (unpaired) electrons. The van der Waals surface area contributed by atoms with E-state index in [1.807, 2.05) is 36.4 Å². The van der Waals surface area contributed by atoms with Gasteiger partial charge in [-0.1, -0.05) is 35.9 Å². The molecule has 0 aliphatic carbocycles. The Bertz CT molecular complexity index is 615. The number of hydrogen-bond acceptors (Lipinski definition) is 4. The number of anilines is 1. The second-order valence-corrected chi connectivity index (χ2v) is 4.55. The van der Waals surface area contributed by atoms with Gasteiger partial charge in [-0.25, -0.2) is 9.99 Å². The Morgan fingerprint density at radius 3 is 2.68 bits per heavy atom. The maximum Gasteiger partial charge on any atom is 0.175 e.